The number of aryl methyl sites for hydroxylation is 1. The maximum Gasteiger partial charge on any atom is 0.300 e. The number of amides is 2. The van der Waals surface area contributed by atoms with Crippen molar-refractivity contribution in [1.82, 2.24) is 9.88 Å². The van der Waals surface area contributed by atoms with E-state index < -0.39 is 5.97 Å². The van der Waals surface area contributed by atoms with Crippen molar-refractivity contribution in [3.05, 3.63) is 10.6 Å². The standard InChI is InChI=1S/C21H29N3O2S.C2H4O2/c1-12-18(21-9-14-6-15(10-21)8-16(7-14)11-21)22-20(27-12)23-19(26)17-4-3-5-24(17)13(2)25;1-2(3)4/h14-17H,3-11H2,1-2H3,(H,22,23,26);1H3,(H,3,4). The van der Waals surface area contributed by atoms with Gasteiger partial charge < -0.3 is 15.3 Å². The third-order valence-corrected chi connectivity index (χ3v) is 8.41. The summed E-state index contributed by atoms with van der Waals surface area (Å²) in [5.74, 6) is 1.74. The van der Waals surface area contributed by atoms with Crippen LogP contribution >= 0.6 is 11.3 Å². The molecule has 2 heterocycles. The number of likely N-dealkylation sites (tertiary alicyclic amines) is 1. The SMILES string of the molecule is CC(=O)N1CCCC1C(=O)Nc1nc(C23CC4CC(CC(C4)C2)C3)c(C)s1.CC(=O)O. The van der Waals surface area contributed by atoms with E-state index in [4.69, 9.17) is 14.9 Å². The van der Waals surface area contributed by atoms with E-state index in [1.54, 1.807) is 23.2 Å². The van der Waals surface area contributed by atoms with Gasteiger partial charge in [-0.15, -0.1) is 11.3 Å². The molecule has 1 saturated heterocycles. The highest BCUT2D eigenvalue weighted by Gasteiger charge is 2.53. The molecule has 1 aliphatic heterocycles. The Kier molecular flexibility index (Phi) is 6.12. The van der Waals surface area contributed by atoms with E-state index in [1.165, 1.54) is 49.1 Å². The molecule has 5 fully saturated rings. The molecule has 0 aromatic carbocycles. The van der Waals surface area contributed by atoms with E-state index in [9.17, 15) is 9.59 Å². The molecule has 4 aliphatic carbocycles. The summed E-state index contributed by atoms with van der Waals surface area (Å²) in [6.07, 6.45) is 9.79. The number of nitrogens with one attached hydrogen (secondary N) is 1. The van der Waals surface area contributed by atoms with Crippen molar-refractivity contribution >= 4 is 34.3 Å². The smallest absolute Gasteiger partial charge is 0.300 e. The molecule has 5 aliphatic rings. The molecule has 8 heteroatoms. The normalized spacial score (nSPS) is 33.1. The van der Waals surface area contributed by atoms with Crippen molar-refractivity contribution in [3.63, 3.8) is 0 Å². The predicted molar refractivity (Wildman–Crippen MR) is 119 cm³/mol. The lowest BCUT2D eigenvalue weighted by Crippen LogP contribution is -2.49. The van der Waals surface area contributed by atoms with Crippen molar-refractivity contribution in [1.29, 1.82) is 0 Å². The molecular formula is C23H33N3O4S. The minimum atomic E-state index is -0.833. The largest absolute Gasteiger partial charge is 0.481 e. The molecule has 0 spiro atoms. The Morgan fingerprint density at radius 1 is 1.10 bits per heavy atom. The van der Waals surface area contributed by atoms with Crippen LogP contribution in [0.5, 0.6) is 0 Å². The van der Waals surface area contributed by atoms with Gasteiger partial charge in [0.05, 0.1) is 5.69 Å². The zero-order valence-corrected chi connectivity index (χ0v) is 19.5. The topological polar surface area (TPSA) is 99.6 Å². The maximum absolute atomic E-state index is 12.8. The Balaban J connectivity index is 0.000000535. The van der Waals surface area contributed by atoms with Gasteiger partial charge in [-0.1, -0.05) is 0 Å². The van der Waals surface area contributed by atoms with Crippen LogP contribution in [0.25, 0.3) is 0 Å². The number of carbonyl (C=O) groups is 3. The van der Waals surface area contributed by atoms with Gasteiger partial charge in [0.15, 0.2) is 5.13 Å². The second-order valence-electron chi connectivity index (χ2n) is 10.0. The van der Waals surface area contributed by atoms with E-state index in [1.807, 2.05) is 0 Å². The van der Waals surface area contributed by atoms with Gasteiger partial charge in [0.1, 0.15) is 6.04 Å². The molecule has 1 aromatic rings. The average molecular weight is 448 g/mol. The molecule has 1 unspecified atom stereocenters. The van der Waals surface area contributed by atoms with Crippen LogP contribution in [0.3, 0.4) is 0 Å². The number of aliphatic carboxylic acids is 1. The first kappa shape index (κ1) is 22.2. The molecule has 1 aromatic heterocycles. The van der Waals surface area contributed by atoms with Crippen LogP contribution in [0.15, 0.2) is 0 Å². The molecule has 1 atom stereocenters. The Hall–Kier alpha value is -1.96. The van der Waals surface area contributed by atoms with Gasteiger partial charge in [0.25, 0.3) is 5.97 Å². The summed E-state index contributed by atoms with van der Waals surface area (Å²) in [5.41, 5.74) is 1.52. The molecule has 2 N–H and O–H groups in total. The van der Waals surface area contributed by atoms with E-state index in [0.717, 1.165) is 42.7 Å². The van der Waals surface area contributed by atoms with E-state index in [2.05, 4.69) is 12.2 Å². The number of carboxylic acid groups (broad SMARTS) is 1. The zero-order valence-electron chi connectivity index (χ0n) is 18.6. The van der Waals surface area contributed by atoms with Crippen molar-refractivity contribution in [3.8, 4) is 0 Å². The van der Waals surface area contributed by atoms with Crippen LogP contribution in [-0.2, 0) is 19.8 Å². The summed E-state index contributed by atoms with van der Waals surface area (Å²) in [5, 5.41) is 11.2. The Labute approximate surface area is 187 Å². The minimum Gasteiger partial charge on any atom is -0.481 e. The summed E-state index contributed by atoms with van der Waals surface area (Å²) in [6.45, 7) is 5.48. The van der Waals surface area contributed by atoms with Gasteiger partial charge >= 0.3 is 0 Å². The van der Waals surface area contributed by atoms with E-state index in [0.29, 0.717) is 6.54 Å². The van der Waals surface area contributed by atoms with Crippen molar-refractivity contribution in [2.45, 2.75) is 83.6 Å². The molecule has 7 nitrogen and oxygen atoms in total. The second kappa shape index (κ2) is 8.52. The number of hydrogen-bond acceptors (Lipinski definition) is 5. The average Bonchev–Trinajstić information content (AvgIpc) is 3.27. The predicted octanol–water partition coefficient (Wildman–Crippen LogP) is 3.96. The van der Waals surface area contributed by atoms with Crippen LogP contribution in [0.4, 0.5) is 5.13 Å². The first-order valence-corrected chi connectivity index (χ1v) is 12.2. The Bertz CT molecular complexity index is 841. The number of carbonyl (C=O) groups excluding carboxylic acids is 2. The van der Waals surface area contributed by atoms with Crippen molar-refractivity contribution in [2.75, 3.05) is 11.9 Å². The van der Waals surface area contributed by atoms with Crippen LogP contribution in [0.2, 0.25) is 0 Å². The van der Waals surface area contributed by atoms with Gasteiger partial charge in [-0.2, -0.15) is 0 Å². The summed E-state index contributed by atoms with van der Waals surface area (Å²) >= 11 is 1.61. The van der Waals surface area contributed by atoms with Crippen LogP contribution in [-0.4, -0.2) is 45.4 Å². The fourth-order valence-corrected chi connectivity index (χ4v) is 7.88. The summed E-state index contributed by atoms with van der Waals surface area (Å²) < 4.78 is 0. The minimum absolute atomic E-state index is 0.0165. The van der Waals surface area contributed by atoms with E-state index >= 15 is 0 Å². The molecule has 170 valence electrons. The lowest BCUT2D eigenvalue weighted by atomic mass is 9.48. The number of hydrogen-bond donors (Lipinski definition) is 2. The number of nitrogens with zero attached hydrogens (tertiary/aromatic N) is 2. The zero-order chi connectivity index (χ0) is 22.3. The summed E-state index contributed by atoms with van der Waals surface area (Å²) in [4.78, 5) is 41.4. The monoisotopic (exact) mass is 447 g/mol. The van der Waals surface area contributed by atoms with E-state index in [-0.39, 0.29) is 23.3 Å². The second-order valence-corrected chi connectivity index (χ2v) is 11.2. The highest BCUT2D eigenvalue weighted by Crippen LogP contribution is 2.61. The molecule has 4 bridgehead atoms. The van der Waals surface area contributed by atoms with Crippen molar-refractivity contribution < 1.29 is 19.5 Å². The quantitative estimate of drug-likeness (QED) is 0.731. The van der Waals surface area contributed by atoms with Crippen LogP contribution in [0.1, 0.15) is 75.8 Å². The molecule has 2 amide bonds. The third-order valence-electron chi connectivity index (χ3n) is 7.53. The number of thiazole rings is 1. The Morgan fingerprint density at radius 2 is 1.65 bits per heavy atom. The third kappa shape index (κ3) is 4.49. The molecule has 31 heavy (non-hydrogen) atoms. The highest BCUT2D eigenvalue weighted by atomic mass is 32.1. The number of anilines is 1. The lowest BCUT2D eigenvalue weighted by Gasteiger charge is -2.56. The van der Waals surface area contributed by atoms with Gasteiger partial charge in [-0.3, -0.25) is 14.4 Å². The maximum atomic E-state index is 12.8. The lowest BCUT2D eigenvalue weighted by molar-refractivity contribution is -0.135. The molecule has 4 saturated carbocycles. The van der Waals surface area contributed by atoms with Crippen LogP contribution < -0.4 is 5.32 Å². The van der Waals surface area contributed by atoms with Gasteiger partial charge in [-0.05, 0) is 76.0 Å². The van der Waals surface area contributed by atoms with Gasteiger partial charge in [0, 0.05) is 30.7 Å². The Morgan fingerprint density at radius 3 is 2.16 bits per heavy atom. The number of aromatic nitrogens is 1. The number of rotatable bonds is 3. The summed E-state index contributed by atoms with van der Waals surface area (Å²) in [7, 11) is 0. The fourth-order valence-electron chi connectivity index (χ4n) is 6.95. The summed E-state index contributed by atoms with van der Waals surface area (Å²) in [6, 6.07) is -0.338. The number of carboxylic acids is 1. The first-order valence-electron chi connectivity index (χ1n) is 11.4. The molecule has 0 radical (unpaired) electrons. The fraction of sp³-hybridized carbons (Fsp3) is 0.739. The highest BCUT2D eigenvalue weighted by molar-refractivity contribution is 7.15. The first-order chi connectivity index (χ1) is 14.7. The van der Waals surface area contributed by atoms with Crippen molar-refractivity contribution in [2.24, 2.45) is 17.8 Å². The molecular weight excluding hydrogens is 414 g/mol. The van der Waals surface area contributed by atoms with Gasteiger partial charge in [-0.25, -0.2) is 4.98 Å². The molecule has 6 rings (SSSR count). The van der Waals surface area contributed by atoms with Crippen LogP contribution in [0, 0.1) is 24.7 Å². The van der Waals surface area contributed by atoms with Gasteiger partial charge in [0.2, 0.25) is 11.8 Å².